The van der Waals surface area contributed by atoms with Crippen LogP contribution in [0.15, 0.2) is 59.6 Å². The van der Waals surface area contributed by atoms with E-state index in [4.69, 9.17) is 4.74 Å². The van der Waals surface area contributed by atoms with Gasteiger partial charge in [0, 0.05) is 28.6 Å². The highest BCUT2D eigenvalue weighted by molar-refractivity contribution is 7.98. The van der Waals surface area contributed by atoms with Crippen molar-refractivity contribution in [1.82, 2.24) is 10.3 Å². The Labute approximate surface area is 158 Å². The van der Waals surface area contributed by atoms with Gasteiger partial charge in [0.15, 0.2) is 0 Å². The summed E-state index contributed by atoms with van der Waals surface area (Å²) >= 11 is 1.63. The van der Waals surface area contributed by atoms with Crippen LogP contribution in [0, 0.1) is 6.92 Å². The number of para-hydroxylation sites is 1. The Bertz CT molecular complexity index is 906. The molecule has 4 nitrogen and oxygen atoms in total. The van der Waals surface area contributed by atoms with Crippen LogP contribution in [0.1, 0.15) is 22.3 Å². The maximum atomic E-state index is 12.4. The van der Waals surface area contributed by atoms with Gasteiger partial charge in [0.1, 0.15) is 11.3 Å². The lowest BCUT2D eigenvalue weighted by atomic mass is 10.1. The molecule has 0 fully saturated rings. The van der Waals surface area contributed by atoms with Crippen molar-refractivity contribution in [3.05, 3.63) is 65.9 Å². The van der Waals surface area contributed by atoms with E-state index in [2.05, 4.69) is 10.3 Å². The van der Waals surface area contributed by atoms with Gasteiger partial charge >= 0.3 is 0 Å². The van der Waals surface area contributed by atoms with E-state index < -0.39 is 0 Å². The molecule has 0 unspecified atom stereocenters. The number of nitrogens with one attached hydrogen (secondary N) is 1. The number of amides is 1. The Hall–Kier alpha value is -2.53. The average Bonchev–Trinajstić information content (AvgIpc) is 2.68. The molecule has 0 radical (unpaired) electrons. The molecule has 26 heavy (non-hydrogen) atoms. The Kier molecular flexibility index (Phi) is 6.12. The molecule has 1 amide bonds. The van der Waals surface area contributed by atoms with E-state index >= 15 is 0 Å². The van der Waals surface area contributed by atoms with Gasteiger partial charge in [-0.05, 0) is 49.4 Å². The fourth-order valence-electron chi connectivity index (χ4n) is 2.72. The van der Waals surface area contributed by atoms with Gasteiger partial charge in [-0.15, -0.1) is 11.8 Å². The SMILES string of the molecule is CSc1ccc(C)c(C(=O)NCCCOc2cccc3cccnc23)c1. The summed E-state index contributed by atoms with van der Waals surface area (Å²) in [6.45, 7) is 3.05. The Morgan fingerprint density at radius 3 is 2.88 bits per heavy atom. The first kappa shape index (κ1) is 18.3. The highest BCUT2D eigenvalue weighted by Crippen LogP contribution is 2.23. The standard InChI is InChI=1S/C21H22N2O2S/c1-15-9-10-17(26-2)14-18(15)21(24)23-12-5-13-25-19-8-3-6-16-7-4-11-22-20(16)19/h3-4,6-11,14H,5,12-13H2,1-2H3,(H,23,24). The number of benzene rings is 2. The number of thioether (sulfide) groups is 1. The number of aromatic nitrogens is 1. The lowest BCUT2D eigenvalue weighted by Gasteiger charge is -2.10. The number of nitrogens with zero attached hydrogens (tertiary/aromatic N) is 1. The number of carbonyl (C=O) groups excluding carboxylic acids is 1. The third-order valence-electron chi connectivity index (χ3n) is 4.15. The van der Waals surface area contributed by atoms with Crippen LogP contribution >= 0.6 is 11.8 Å². The predicted octanol–water partition coefficient (Wildman–Crippen LogP) is 4.46. The maximum absolute atomic E-state index is 12.4. The number of hydrogen-bond acceptors (Lipinski definition) is 4. The van der Waals surface area contributed by atoms with Crippen LogP contribution in [-0.4, -0.2) is 30.3 Å². The van der Waals surface area contributed by atoms with Crippen molar-refractivity contribution in [3.8, 4) is 5.75 Å². The number of rotatable bonds is 7. The number of fused-ring (bicyclic) bond motifs is 1. The molecule has 1 aromatic heterocycles. The Balaban J connectivity index is 1.50. The summed E-state index contributed by atoms with van der Waals surface area (Å²) in [5.74, 6) is 0.739. The summed E-state index contributed by atoms with van der Waals surface area (Å²) in [5, 5.41) is 4.03. The highest BCUT2D eigenvalue weighted by atomic mass is 32.2. The van der Waals surface area contributed by atoms with Crippen molar-refractivity contribution in [1.29, 1.82) is 0 Å². The van der Waals surface area contributed by atoms with Crippen LogP contribution in [0.5, 0.6) is 5.75 Å². The van der Waals surface area contributed by atoms with Gasteiger partial charge in [0.25, 0.3) is 5.91 Å². The van der Waals surface area contributed by atoms with Crippen LogP contribution in [0.4, 0.5) is 0 Å². The molecular weight excluding hydrogens is 344 g/mol. The van der Waals surface area contributed by atoms with Gasteiger partial charge in [-0.2, -0.15) is 0 Å². The van der Waals surface area contributed by atoms with Gasteiger partial charge in [-0.3, -0.25) is 9.78 Å². The van der Waals surface area contributed by atoms with E-state index in [0.717, 1.165) is 39.1 Å². The molecule has 0 aliphatic heterocycles. The van der Waals surface area contributed by atoms with E-state index in [1.807, 2.05) is 61.7 Å². The lowest BCUT2D eigenvalue weighted by molar-refractivity contribution is 0.0950. The molecule has 0 spiro atoms. The minimum atomic E-state index is -0.0368. The fourth-order valence-corrected chi connectivity index (χ4v) is 3.16. The minimum Gasteiger partial charge on any atom is -0.491 e. The molecule has 0 atom stereocenters. The molecule has 1 N–H and O–H groups in total. The van der Waals surface area contributed by atoms with E-state index in [-0.39, 0.29) is 5.91 Å². The molecule has 0 saturated carbocycles. The van der Waals surface area contributed by atoms with Crippen LogP contribution in [-0.2, 0) is 0 Å². The van der Waals surface area contributed by atoms with E-state index in [1.165, 1.54) is 0 Å². The summed E-state index contributed by atoms with van der Waals surface area (Å²) in [4.78, 5) is 17.8. The van der Waals surface area contributed by atoms with Crippen LogP contribution in [0.2, 0.25) is 0 Å². The van der Waals surface area contributed by atoms with Crippen molar-refractivity contribution in [3.63, 3.8) is 0 Å². The Morgan fingerprint density at radius 1 is 1.19 bits per heavy atom. The third kappa shape index (κ3) is 4.35. The zero-order valence-corrected chi connectivity index (χ0v) is 15.8. The number of carbonyl (C=O) groups is 1. The van der Waals surface area contributed by atoms with Crippen molar-refractivity contribution in [2.45, 2.75) is 18.2 Å². The van der Waals surface area contributed by atoms with Gasteiger partial charge < -0.3 is 10.1 Å². The van der Waals surface area contributed by atoms with Crippen molar-refractivity contribution in [2.24, 2.45) is 0 Å². The minimum absolute atomic E-state index is 0.0368. The monoisotopic (exact) mass is 366 g/mol. The number of ether oxygens (including phenoxy) is 1. The molecule has 2 aromatic carbocycles. The molecule has 0 aliphatic rings. The van der Waals surface area contributed by atoms with E-state index in [9.17, 15) is 4.79 Å². The molecule has 3 rings (SSSR count). The molecule has 134 valence electrons. The van der Waals surface area contributed by atoms with E-state index in [1.54, 1.807) is 18.0 Å². The second-order valence-corrected chi connectivity index (χ2v) is 6.85. The maximum Gasteiger partial charge on any atom is 0.251 e. The van der Waals surface area contributed by atoms with Crippen LogP contribution < -0.4 is 10.1 Å². The average molecular weight is 366 g/mol. The first-order valence-electron chi connectivity index (χ1n) is 8.58. The zero-order valence-electron chi connectivity index (χ0n) is 15.0. The third-order valence-corrected chi connectivity index (χ3v) is 4.87. The zero-order chi connectivity index (χ0) is 18.4. The second kappa shape index (κ2) is 8.72. The quantitative estimate of drug-likeness (QED) is 0.495. The van der Waals surface area contributed by atoms with Crippen molar-refractivity contribution in [2.75, 3.05) is 19.4 Å². The van der Waals surface area contributed by atoms with Crippen molar-refractivity contribution >= 4 is 28.6 Å². The first-order chi connectivity index (χ1) is 12.7. The topological polar surface area (TPSA) is 51.2 Å². The summed E-state index contributed by atoms with van der Waals surface area (Å²) in [6.07, 6.45) is 4.50. The summed E-state index contributed by atoms with van der Waals surface area (Å²) in [7, 11) is 0. The normalized spacial score (nSPS) is 10.7. The number of pyridine rings is 1. The molecular formula is C21H22N2O2S. The summed E-state index contributed by atoms with van der Waals surface area (Å²) in [6, 6.07) is 15.8. The Morgan fingerprint density at radius 2 is 2.04 bits per heavy atom. The summed E-state index contributed by atoms with van der Waals surface area (Å²) < 4.78 is 5.85. The van der Waals surface area contributed by atoms with Crippen molar-refractivity contribution < 1.29 is 9.53 Å². The highest BCUT2D eigenvalue weighted by Gasteiger charge is 2.09. The molecule has 1 heterocycles. The lowest BCUT2D eigenvalue weighted by Crippen LogP contribution is -2.26. The number of hydrogen-bond donors (Lipinski definition) is 1. The molecule has 0 bridgehead atoms. The first-order valence-corrected chi connectivity index (χ1v) is 9.81. The molecule has 0 saturated heterocycles. The van der Waals surface area contributed by atoms with Crippen LogP contribution in [0.25, 0.3) is 10.9 Å². The van der Waals surface area contributed by atoms with Crippen LogP contribution in [0.3, 0.4) is 0 Å². The van der Waals surface area contributed by atoms with Gasteiger partial charge in [-0.1, -0.05) is 24.3 Å². The van der Waals surface area contributed by atoms with Gasteiger partial charge in [0.05, 0.1) is 6.61 Å². The number of aryl methyl sites for hydroxylation is 1. The van der Waals surface area contributed by atoms with E-state index in [0.29, 0.717) is 13.2 Å². The van der Waals surface area contributed by atoms with Gasteiger partial charge in [-0.25, -0.2) is 0 Å². The fraction of sp³-hybridized carbons (Fsp3) is 0.238. The van der Waals surface area contributed by atoms with Gasteiger partial charge in [0.2, 0.25) is 0 Å². The second-order valence-electron chi connectivity index (χ2n) is 5.97. The molecule has 3 aromatic rings. The summed E-state index contributed by atoms with van der Waals surface area (Å²) in [5.41, 5.74) is 2.58. The predicted molar refractivity (Wildman–Crippen MR) is 107 cm³/mol. The largest absolute Gasteiger partial charge is 0.491 e. The molecule has 0 aliphatic carbocycles. The molecule has 5 heteroatoms. The smallest absolute Gasteiger partial charge is 0.251 e.